The highest BCUT2D eigenvalue weighted by Gasteiger charge is 2.70. The first-order valence-corrected chi connectivity index (χ1v) is 18.3. The quantitative estimate of drug-likeness (QED) is 0.166. The lowest BCUT2D eigenvalue weighted by atomic mass is 9.63. The summed E-state index contributed by atoms with van der Waals surface area (Å²) >= 11 is 0. The van der Waals surface area contributed by atoms with Crippen LogP contribution in [-0.4, -0.2) is 93.6 Å². The maximum Gasteiger partial charge on any atom is 0.333 e. The van der Waals surface area contributed by atoms with Gasteiger partial charge in [-0.1, -0.05) is 49.4 Å². The van der Waals surface area contributed by atoms with Crippen LogP contribution in [0.1, 0.15) is 89.2 Å². The van der Waals surface area contributed by atoms with Gasteiger partial charge in [0.05, 0.1) is 32.0 Å². The highest BCUT2D eigenvalue weighted by molar-refractivity contribution is 5.90. The van der Waals surface area contributed by atoms with Crippen molar-refractivity contribution < 1.29 is 54.1 Å². The Bertz CT molecular complexity index is 1660. The second-order valence-electron chi connectivity index (χ2n) is 15.1. The lowest BCUT2D eigenvalue weighted by molar-refractivity contribution is -0.375. The van der Waals surface area contributed by atoms with Crippen molar-refractivity contribution >= 4 is 23.3 Å². The van der Waals surface area contributed by atoms with Crippen LogP contribution in [0.15, 0.2) is 29.9 Å². The molecule has 1 saturated heterocycles. The van der Waals surface area contributed by atoms with Crippen LogP contribution in [0.3, 0.4) is 0 Å². The molecule has 0 aromatic carbocycles. The number of aromatic nitrogens is 1. The first-order chi connectivity index (χ1) is 24.1. The van der Waals surface area contributed by atoms with Crippen molar-refractivity contribution in [3.8, 4) is 0 Å². The van der Waals surface area contributed by atoms with Gasteiger partial charge in [0, 0.05) is 36.4 Å². The molecule has 5 N–H and O–H groups in total. The fourth-order valence-corrected chi connectivity index (χ4v) is 9.82. The summed E-state index contributed by atoms with van der Waals surface area (Å²) in [6.45, 7) is 1.58. The van der Waals surface area contributed by atoms with Gasteiger partial charge in [0.25, 0.3) is 0 Å². The first kappa shape index (κ1) is 35.4. The number of carboxylic acid groups (broad SMARTS) is 1. The van der Waals surface area contributed by atoms with Crippen molar-refractivity contribution in [2.75, 3.05) is 20.3 Å². The van der Waals surface area contributed by atoms with Crippen LogP contribution in [0.5, 0.6) is 0 Å². The topological polar surface area (TPSA) is 186 Å². The molecule has 10 atom stereocenters. The number of aliphatic carboxylic acids is 1. The number of hydrogen-bond donors (Lipinski definition) is 5. The molecule has 0 amide bonds. The minimum Gasteiger partial charge on any atom is -0.658 e. The number of allylic oxidation sites excluding steroid dienone is 1. The molecule has 4 bridgehead atoms. The number of fused-ring (bicyclic) bond motifs is 4. The van der Waals surface area contributed by atoms with E-state index in [0.717, 1.165) is 23.8 Å². The number of carbonyl (C=O) groups is 2. The molecule has 274 valence electrons. The largest absolute Gasteiger partial charge is 0.658 e. The van der Waals surface area contributed by atoms with Gasteiger partial charge in [0.1, 0.15) is 17.8 Å². The number of carbonyl (C=O) groups excluding carboxylic acids is 1. The number of aliphatic hydroxyl groups excluding tert-OH is 3. The van der Waals surface area contributed by atoms with Gasteiger partial charge < -0.3 is 49.5 Å². The maximum absolute atomic E-state index is 12.8. The Labute approximate surface area is 291 Å². The molecule has 10 unspecified atom stereocenters. The predicted octanol–water partition coefficient (Wildman–Crippen LogP) is 1.51. The minimum atomic E-state index is -1.96. The zero-order chi connectivity index (χ0) is 35.4. The molecular weight excluding hydrogens is 646 g/mol. The first-order valence-electron chi connectivity index (χ1n) is 18.3. The summed E-state index contributed by atoms with van der Waals surface area (Å²) in [6, 6.07) is 2.08. The molecule has 12 heteroatoms. The number of hydrogen-bond acceptors (Lipinski definition) is 10. The van der Waals surface area contributed by atoms with E-state index in [1.54, 1.807) is 6.08 Å². The van der Waals surface area contributed by atoms with Gasteiger partial charge in [-0.05, 0) is 67.6 Å². The van der Waals surface area contributed by atoms with Crippen molar-refractivity contribution in [1.29, 1.82) is 0 Å². The summed E-state index contributed by atoms with van der Waals surface area (Å²) in [4.78, 5) is 29.9. The normalized spacial score (nSPS) is 36.9. The van der Waals surface area contributed by atoms with E-state index in [1.165, 1.54) is 20.0 Å². The van der Waals surface area contributed by atoms with Crippen molar-refractivity contribution in [2.24, 2.45) is 23.7 Å². The van der Waals surface area contributed by atoms with Crippen molar-refractivity contribution in [3.05, 3.63) is 46.1 Å². The molecule has 2 saturated carbocycles. The number of aliphatic hydroxyl groups is 4. The third kappa shape index (κ3) is 5.67. The van der Waals surface area contributed by atoms with E-state index in [9.17, 15) is 35.1 Å². The van der Waals surface area contributed by atoms with E-state index in [-0.39, 0.29) is 36.9 Å². The number of ether oxygens (including phenoxy) is 4. The molecule has 1 spiro atoms. The summed E-state index contributed by atoms with van der Waals surface area (Å²) in [5.41, 5.74) is -1.64. The van der Waals surface area contributed by atoms with E-state index in [2.05, 4.69) is 13.0 Å². The summed E-state index contributed by atoms with van der Waals surface area (Å²) in [6.07, 6.45) is 7.52. The monoisotopic (exact) mass is 696 g/mol. The summed E-state index contributed by atoms with van der Waals surface area (Å²) in [7, 11) is 1.26. The third-order valence-electron chi connectivity index (χ3n) is 12.5. The number of esters is 1. The number of nitrogens with zero attached hydrogens (tertiary/aromatic N) is 1. The van der Waals surface area contributed by atoms with Crippen LogP contribution in [0, 0.1) is 23.7 Å². The van der Waals surface area contributed by atoms with E-state index in [4.69, 9.17) is 23.9 Å². The Balaban J connectivity index is 1.27. The van der Waals surface area contributed by atoms with Crippen LogP contribution >= 0.6 is 0 Å². The zero-order valence-electron chi connectivity index (χ0n) is 28.8. The van der Waals surface area contributed by atoms with E-state index in [0.29, 0.717) is 54.7 Å². The van der Waals surface area contributed by atoms with Gasteiger partial charge in [0.2, 0.25) is 0 Å². The van der Waals surface area contributed by atoms with Crippen LogP contribution < -0.4 is 15.6 Å². The van der Waals surface area contributed by atoms with Crippen molar-refractivity contribution in [3.63, 3.8) is 0 Å². The fraction of sp³-hybridized carbons (Fsp3) is 0.684. The molecule has 2 aliphatic heterocycles. The summed E-state index contributed by atoms with van der Waals surface area (Å²) in [5.74, 6) is -2.08. The molecule has 50 heavy (non-hydrogen) atoms. The predicted molar refractivity (Wildman–Crippen MR) is 178 cm³/mol. The van der Waals surface area contributed by atoms with Crippen LogP contribution in [0.25, 0.3) is 11.3 Å². The average Bonchev–Trinajstić information content (AvgIpc) is 3.78. The third-order valence-corrected chi connectivity index (χ3v) is 12.5. The van der Waals surface area contributed by atoms with Crippen molar-refractivity contribution in [1.82, 2.24) is 4.98 Å². The van der Waals surface area contributed by atoms with Crippen molar-refractivity contribution in [2.45, 2.75) is 119 Å². The lowest BCUT2D eigenvalue weighted by Gasteiger charge is -2.61. The Morgan fingerprint density at radius 3 is 2.66 bits per heavy atom. The Morgan fingerprint density at radius 1 is 1.18 bits per heavy atom. The van der Waals surface area contributed by atoms with E-state index in [1.807, 2.05) is 12.2 Å². The molecule has 1 aromatic heterocycles. The fourth-order valence-electron chi connectivity index (χ4n) is 9.82. The van der Waals surface area contributed by atoms with E-state index < -0.39 is 66.2 Å². The second-order valence-corrected chi connectivity index (χ2v) is 15.1. The molecule has 0 radical (unpaired) electrons. The molecule has 3 heterocycles. The smallest absolute Gasteiger partial charge is 0.333 e. The van der Waals surface area contributed by atoms with Crippen LogP contribution in [0.2, 0.25) is 0 Å². The van der Waals surface area contributed by atoms with Gasteiger partial charge in [-0.2, -0.15) is 5.69 Å². The highest BCUT2D eigenvalue weighted by atomic mass is 16.7. The molecular formula is C38H50NO11-. The molecule has 1 aromatic rings. The molecule has 12 nitrogen and oxygen atoms in total. The molecule has 3 fully saturated rings. The lowest BCUT2D eigenvalue weighted by Crippen LogP contribution is -2.78. The second kappa shape index (κ2) is 13.9. The molecule has 7 rings (SSSR count). The van der Waals surface area contributed by atoms with Gasteiger partial charge in [-0.15, -0.1) is 0 Å². The Morgan fingerprint density at radius 2 is 1.96 bits per heavy atom. The zero-order valence-corrected chi connectivity index (χ0v) is 28.8. The minimum absolute atomic E-state index is 0.0707. The van der Waals surface area contributed by atoms with Gasteiger partial charge in [-0.25, -0.2) is 4.79 Å². The van der Waals surface area contributed by atoms with Gasteiger partial charge in [-0.3, -0.25) is 4.79 Å². The summed E-state index contributed by atoms with van der Waals surface area (Å²) < 4.78 is 24.9. The van der Waals surface area contributed by atoms with Crippen LogP contribution in [-0.2, 0) is 28.5 Å². The molecule has 6 aliphatic rings. The maximum atomic E-state index is 12.8. The summed E-state index contributed by atoms with van der Waals surface area (Å²) in [5, 5.41) is 56.8. The number of rotatable bonds is 11. The standard InChI is InChI=1S/C38H50NO11/c1-20(21-8-3-4-9-21)28-17-26-27-13-14-37(46)35(45)38(27,50-29(12-7-15-40)32(26)39-28)30(19-41)48-36(37)49-33-22-10-5-6-11-23(33)24(18-31(42)43)25(16-22)34(44)47-2/h6,11,16-17,20-24,30,33,35-36,40-41,45-46H,3-5,7-10,12-15,18-19H2,1-2H3,(H,42,43)/q-1. The Hall–Kier alpha value is -3.00. The Kier molecular flexibility index (Phi) is 9.81. The highest BCUT2D eigenvalue weighted by Crippen LogP contribution is 2.54. The van der Waals surface area contributed by atoms with Gasteiger partial charge >= 0.3 is 11.9 Å². The van der Waals surface area contributed by atoms with Crippen LogP contribution in [0.4, 0.5) is 0 Å². The number of carboxylic acids is 1. The number of methoxy groups -OCH3 is 1. The van der Waals surface area contributed by atoms with Gasteiger partial charge in [0.15, 0.2) is 11.9 Å². The van der Waals surface area contributed by atoms with E-state index >= 15 is 0 Å². The molecule has 4 aliphatic carbocycles. The average molecular weight is 697 g/mol. The SMILES string of the molecule is COC(=O)C1=CC2CCC=CC(C1CC(=O)O)C2OC1OC(CO)C23OC(CCCO)=c4[n-]c(C(C)C5CCCC5)cc4=C2CCC1(O)C3O.